The second kappa shape index (κ2) is 5.61. The number of carbonyl (C=O) groups excluding carboxylic acids is 1. The Morgan fingerprint density at radius 1 is 1.57 bits per heavy atom. The molecule has 0 bridgehead atoms. The lowest BCUT2D eigenvalue weighted by atomic mass is 10.2. The van der Waals surface area contributed by atoms with E-state index >= 15 is 0 Å². The van der Waals surface area contributed by atoms with Gasteiger partial charge in [0, 0.05) is 18.0 Å². The Hall–Kier alpha value is -1.67. The number of aromatic nitrogens is 2. The van der Waals surface area contributed by atoms with E-state index in [1.807, 2.05) is 24.4 Å². The average molecular weight is 323 g/mol. The van der Waals surface area contributed by atoms with Crippen LogP contribution in [-0.4, -0.2) is 28.4 Å². The summed E-state index contributed by atoms with van der Waals surface area (Å²) >= 11 is 2.88. The summed E-state index contributed by atoms with van der Waals surface area (Å²) in [5.41, 5.74) is 9.23. The van der Waals surface area contributed by atoms with Gasteiger partial charge in [-0.3, -0.25) is 4.79 Å². The highest BCUT2D eigenvalue weighted by Crippen LogP contribution is 2.32. The van der Waals surface area contributed by atoms with Crippen LogP contribution in [0.1, 0.15) is 33.8 Å². The van der Waals surface area contributed by atoms with Gasteiger partial charge in [-0.05, 0) is 31.3 Å². The number of hydrogen-bond acceptors (Lipinski definition) is 7. The molecule has 0 radical (unpaired) electrons. The maximum Gasteiger partial charge on any atom is 0.258 e. The monoisotopic (exact) mass is 323 g/mol. The van der Waals surface area contributed by atoms with Crippen LogP contribution in [0.2, 0.25) is 0 Å². The molecule has 21 heavy (non-hydrogen) atoms. The van der Waals surface area contributed by atoms with E-state index in [4.69, 9.17) is 5.73 Å². The molecule has 2 heterocycles. The van der Waals surface area contributed by atoms with Crippen molar-refractivity contribution < 1.29 is 4.79 Å². The molecule has 1 saturated carbocycles. The van der Waals surface area contributed by atoms with Gasteiger partial charge in [-0.25, -0.2) is 4.98 Å². The first-order valence-electron chi connectivity index (χ1n) is 6.72. The Balaban J connectivity index is 1.81. The van der Waals surface area contributed by atoms with E-state index in [9.17, 15) is 4.79 Å². The molecule has 6 nitrogen and oxygen atoms in total. The molecule has 0 aliphatic heterocycles. The molecule has 2 aromatic rings. The van der Waals surface area contributed by atoms with Gasteiger partial charge in [0.15, 0.2) is 5.82 Å². The summed E-state index contributed by atoms with van der Waals surface area (Å²) in [4.78, 5) is 19.7. The van der Waals surface area contributed by atoms with Crippen LogP contribution in [0, 0.1) is 6.92 Å². The van der Waals surface area contributed by atoms with Crippen molar-refractivity contribution in [2.45, 2.75) is 32.4 Å². The van der Waals surface area contributed by atoms with Crippen molar-refractivity contribution in [2.24, 2.45) is 0 Å². The fourth-order valence-electron chi connectivity index (χ4n) is 2.02. The van der Waals surface area contributed by atoms with Gasteiger partial charge >= 0.3 is 0 Å². The van der Waals surface area contributed by atoms with Gasteiger partial charge in [-0.15, -0.1) is 11.3 Å². The van der Waals surface area contributed by atoms with Crippen molar-refractivity contribution >= 4 is 39.6 Å². The van der Waals surface area contributed by atoms with Gasteiger partial charge in [0.2, 0.25) is 0 Å². The van der Waals surface area contributed by atoms with Crippen LogP contribution >= 0.6 is 22.9 Å². The van der Waals surface area contributed by atoms with Crippen molar-refractivity contribution in [3.8, 4) is 0 Å². The number of thiazole rings is 1. The van der Waals surface area contributed by atoms with Crippen molar-refractivity contribution in [1.29, 1.82) is 0 Å². The van der Waals surface area contributed by atoms with Gasteiger partial charge in [0.1, 0.15) is 10.6 Å². The Kier molecular flexibility index (Phi) is 3.81. The SMILES string of the molecule is Cc1ncsc1CN(C)c1snc(N)c1C(=O)NC1CC1. The maximum atomic E-state index is 12.3. The number of nitrogen functional groups attached to an aromatic ring is 1. The number of anilines is 2. The topological polar surface area (TPSA) is 84.1 Å². The maximum absolute atomic E-state index is 12.3. The summed E-state index contributed by atoms with van der Waals surface area (Å²) < 4.78 is 4.14. The highest BCUT2D eigenvalue weighted by molar-refractivity contribution is 7.11. The molecule has 0 spiro atoms. The second-order valence-electron chi connectivity index (χ2n) is 5.21. The second-order valence-corrected chi connectivity index (χ2v) is 6.90. The third kappa shape index (κ3) is 3.01. The first-order chi connectivity index (χ1) is 10.1. The minimum absolute atomic E-state index is 0.119. The summed E-state index contributed by atoms with van der Waals surface area (Å²) in [5.74, 6) is 0.188. The van der Waals surface area contributed by atoms with E-state index in [2.05, 4.69) is 14.7 Å². The molecule has 0 aromatic carbocycles. The Morgan fingerprint density at radius 3 is 2.95 bits per heavy atom. The Bertz CT molecular complexity index is 661. The summed E-state index contributed by atoms with van der Waals surface area (Å²) in [5, 5.41) is 3.78. The van der Waals surface area contributed by atoms with E-state index in [1.165, 1.54) is 16.4 Å². The smallest absolute Gasteiger partial charge is 0.258 e. The van der Waals surface area contributed by atoms with Gasteiger partial charge in [0.25, 0.3) is 5.91 Å². The summed E-state index contributed by atoms with van der Waals surface area (Å²) in [6.45, 7) is 2.68. The van der Waals surface area contributed by atoms with Gasteiger partial charge in [-0.1, -0.05) is 0 Å². The van der Waals surface area contributed by atoms with Crippen LogP contribution in [0.4, 0.5) is 10.8 Å². The number of nitrogens with one attached hydrogen (secondary N) is 1. The normalized spacial score (nSPS) is 14.2. The molecule has 1 amide bonds. The highest BCUT2D eigenvalue weighted by Gasteiger charge is 2.28. The van der Waals surface area contributed by atoms with Crippen LogP contribution < -0.4 is 16.0 Å². The third-order valence-electron chi connectivity index (χ3n) is 3.41. The molecule has 0 atom stereocenters. The lowest BCUT2D eigenvalue weighted by Gasteiger charge is -2.18. The number of hydrogen-bond donors (Lipinski definition) is 2. The number of nitrogens with two attached hydrogens (primary N) is 1. The standard InChI is InChI=1S/C13H17N5OS2/c1-7-9(20-6-15-7)5-18(2)13-10(11(14)17-21-13)12(19)16-8-3-4-8/h6,8H,3-5H2,1-2H3,(H2,14,17)(H,16,19). The summed E-state index contributed by atoms with van der Waals surface area (Å²) in [7, 11) is 1.94. The largest absolute Gasteiger partial charge is 0.382 e. The van der Waals surface area contributed by atoms with Gasteiger partial charge < -0.3 is 16.0 Å². The van der Waals surface area contributed by atoms with Gasteiger partial charge in [0.05, 0.1) is 17.7 Å². The minimum atomic E-state index is -0.119. The fraction of sp³-hybridized carbons (Fsp3) is 0.462. The molecule has 112 valence electrons. The van der Waals surface area contributed by atoms with Crippen molar-refractivity contribution in [3.05, 3.63) is 21.6 Å². The van der Waals surface area contributed by atoms with E-state index < -0.39 is 0 Å². The number of rotatable bonds is 5. The van der Waals surface area contributed by atoms with Crippen LogP contribution in [-0.2, 0) is 6.54 Å². The van der Waals surface area contributed by atoms with Crippen LogP contribution in [0.3, 0.4) is 0 Å². The zero-order chi connectivity index (χ0) is 15.0. The first-order valence-corrected chi connectivity index (χ1v) is 8.37. The van der Waals surface area contributed by atoms with Crippen LogP contribution in [0.15, 0.2) is 5.51 Å². The fourth-order valence-corrected chi connectivity index (χ4v) is 3.62. The Morgan fingerprint density at radius 2 is 2.33 bits per heavy atom. The van der Waals surface area contributed by atoms with E-state index in [0.717, 1.165) is 23.5 Å². The molecule has 2 aromatic heterocycles. The minimum Gasteiger partial charge on any atom is -0.382 e. The lowest BCUT2D eigenvalue weighted by molar-refractivity contribution is 0.0952. The predicted molar refractivity (Wildman–Crippen MR) is 86.0 cm³/mol. The van der Waals surface area contributed by atoms with Crippen molar-refractivity contribution in [1.82, 2.24) is 14.7 Å². The van der Waals surface area contributed by atoms with Crippen molar-refractivity contribution in [2.75, 3.05) is 17.7 Å². The summed E-state index contributed by atoms with van der Waals surface area (Å²) in [6, 6.07) is 0.304. The molecule has 8 heteroatoms. The van der Waals surface area contributed by atoms with Crippen molar-refractivity contribution in [3.63, 3.8) is 0 Å². The molecule has 0 unspecified atom stereocenters. The molecular formula is C13H17N5OS2. The van der Waals surface area contributed by atoms with E-state index in [1.54, 1.807) is 11.3 Å². The lowest BCUT2D eigenvalue weighted by Crippen LogP contribution is -2.28. The van der Waals surface area contributed by atoms with Crippen LogP contribution in [0.5, 0.6) is 0 Å². The average Bonchev–Trinajstić information content (AvgIpc) is 3.03. The Labute approximate surface area is 131 Å². The number of amides is 1. The van der Waals surface area contributed by atoms with Gasteiger partial charge in [-0.2, -0.15) is 4.37 Å². The third-order valence-corrected chi connectivity index (χ3v) is 5.31. The molecule has 0 saturated heterocycles. The molecule has 3 rings (SSSR count). The first kappa shape index (κ1) is 14.3. The van der Waals surface area contributed by atoms with E-state index in [0.29, 0.717) is 24.0 Å². The number of nitrogens with zero attached hydrogens (tertiary/aromatic N) is 3. The molecule has 1 fully saturated rings. The highest BCUT2D eigenvalue weighted by atomic mass is 32.1. The molecule has 1 aliphatic carbocycles. The molecule has 3 N–H and O–H groups in total. The number of carbonyl (C=O) groups is 1. The zero-order valence-corrected chi connectivity index (χ0v) is 13.6. The van der Waals surface area contributed by atoms with E-state index in [-0.39, 0.29) is 5.91 Å². The zero-order valence-electron chi connectivity index (χ0n) is 11.9. The predicted octanol–water partition coefficient (Wildman–Crippen LogP) is 2.02. The number of aryl methyl sites for hydroxylation is 1. The quantitative estimate of drug-likeness (QED) is 0.879. The molecular weight excluding hydrogens is 306 g/mol. The summed E-state index contributed by atoms with van der Waals surface area (Å²) in [6.07, 6.45) is 2.10. The molecule has 1 aliphatic rings. The van der Waals surface area contributed by atoms with Crippen LogP contribution in [0.25, 0.3) is 0 Å².